The molecule has 0 spiro atoms. The second-order valence-corrected chi connectivity index (χ2v) is 4.46. The fourth-order valence-corrected chi connectivity index (χ4v) is 1.96. The zero-order valence-corrected chi connectivity index (χ0v) is 10.4. The Morgan fingerprint density at radius 1 is 1.24 bits per heavy atom. The first-order chi connectivity index (χ1) is 8.08. The molecule has 0 heterocycles. The zero-order valence-electron chi connectivity index (χ0n) is 9.58. The van der Waals surface area contributed by atoms with Gasteiger partial charge in [0.2, 0.25) is 0 Å². The number of anilines is 1. The minimum absolute atomic E-state index is 0.409. The largest absolute Gasteiger partial charge is 0.379 e. The third-order valence-corrected chi connectivity index (χ3v) is 2.83. The Morgan fingerprint density at radius 3 is 2.65 bits per heavy atom. The van der Waals surface area contributed by atoms with Crippen molar-refractivity contribution < 1.29 is 12.9 Å². The Labute approximate surface area is 102 Å². The molecular weight excluding hydrogens is 238 g/mol. The van der Waals surface area contributed by atoms with Crippen molar-refractivity contribution in [1.82, 2.24) is 0 Å². The van der Waals surface area contributed by atoms with Crippen molar-refractivity contribution in [1.29, 1.82) is 0 Å². The van der Waals surface area contributed by atoms with Crippen molar-refractivity contribution in [3.8, 4) is 5.75 Å². The molecule has 0 amide bonds. The number of nitrogens with zero attached hydrogens (tertiary/aromatic N) is 1. The lowest BCUT2D eigenvalue weighted by Crippen LogP contribution is -2.08. The molecule has 0 aliphatic heterocycles. The molecular formula is C12H13NO3S. The van der Waals surface area contributed by atoms with Crippen LogP contribution in [-0.2, 0) is 11.4 Å². The van der Waals surface area contributed by atoms with Crippen molar-refractivity contribution in [3.05, 3.63) is 36.4 Å². The Hall–Kier alpha value is -1.59. The molecule has 0 saturated carbocycles. The van der Waals surface area contributed by atoms with E-state index in [1.165, 1.54) is 0 Å². The normalized spacial score (nSPS) is 12.4. The molecule has 0 aliphatic rings. The van der Waals surface area contributed by atoms with Crippen LogP contribution in [0.1, 0.15) is 0 Å². The molecule has 1 unspecified atom stereocenters. The maximum absolute atomic E-state index is 10.7. The summed E-state index contributed by atoms with van der Waals surface area (Å²) < 4.78 is 24.4. The number of hydrogen-bond donors (Lipinski definition) is 1. The number of hydrogen-bond acceptors (Lipinski definition) is 3. The van der Waals surface area contributed by atoms with Crippen LogP contribution in [0.3, 0.4) is 0 Å². The average molecular weight is 251 g/mol. The Morgan fingerprint density at radius 2 is 2.00 bits per heavy atom. The molecule has 17 heavy (non-hydrogen) atoms. The van der Waals surface area contributed by atoms with Gasteiger partial charge < -0.3 is 9.08 Å². The molecule has 0 aromatic heterocycles. The van der Waals surface area contributed by atoms with Gasteiger partial charge in [-0.15, -0.1) is 0 Å². The van der Waals surface area contributed by atoms with Crippen LogP contribution in [0.15, 0.2) is 36.4 Å². The zero-order chi connectivity index (χ0) is 12.4. The van der Waals surface area contributed by atoms with E-state index in [-0.39, 0.29) is 0 Å². The highest BCUT2D eigenvalue weighted by molar-refractivity contribution is 7.74. The lowest BCUT2D eigenvalue weighted by Gasteiger charge is -2.14. The second kappa shape index (κ2) is 4.73. The van der Waals surface area contributed by atoms with Gasteiger partial charge in [-0.05, 0) is 23.6 Å². The summed E-state index contributed by atoms with van der Waals surface area (Å²) in [5.74, 6) is 0.409. The third kappa shape index (κ3) is 2.57. The third-order valence-electron chi connectivity index (χ3n) is 2.50. The molecule has 1 N–H and O–H groups in total. The summed E-state index contributed by atoms with van der Waals surface area (Å²) in [6, 6.07) is 11.3. The topological polar surface area (TPSA) is 49.8 Å². The molecule has 1 atom stereocenters. The lowest BCUT2D eigenvalue weighted by molar-refractivity contribution is 0.460. The van der Waals surface area contributed by atoms with Crippen molar-refractivity contribution in [2.45, 2.75) is 0 Å². The summed E-state index contributed by atoms with van der Waals surface area (Å²) in [5, 5.41) is 1.79. The van der Waals surface area contributed by atoms with Gasteiger partial charge in [-0.2, -0.15) is 4.21 Å². The molecule has 90 valence electrons. The fourth-order valence-electron chi connectivity index (χ4n) is 1.66. The van der Waals surface area contributed by atoms with E-state index in [0.717, 1.165) is 16.5 Å². The van der Waals surface area contributed by atoms with Gasteiger partial charge in [-0.3, -0.25) is 4.55 Å². The van der Waals surface area contributed by atoms with Crippen LogP contribution in [0.2, 0.25) is 0 Å². The van der Waals surface area contributed by atoms with Crippen LogP contribution in [0.5, 0.6) is 5.75 Å². The van der Waals surface area contributed by atoms with Crippen LogP contribution in [0.25, 0.3) is 10.8 Å². The van der Waals surface area contributed by atoms with E-state index in [1.807, 2.05) is 43.3 Å². The summed E-state index contributed by atoms with van der Waals surface area (Å²) in [5.41, 5.74) is 1.01. The summed E-state index contributed by atoms with van der Waals surface area (Å²) in [6.45, 7) is 0. The lowest BCUT2D eigenvalue weighted by atomic mass is 10.1. The number of rotatable bonds is 3. The first-order valence-corrected chi connectivity index (χ1v) is 6.10. The van der Waals surface area contributed by atoms with Crippen molar-refractivity contribution >= 4 is 27.8 Å². The van der Waals surface area contributed by atoms with Crippen molar-refractivity contribution in [2.75, 3.05) is 19.0 Å². The van der Waals surface area contributed by atoms with Gasteiger partial charge >= 0.3 is 11.4 Å². The van der Waals surface area contributed by atoms with E-state index in [9.17, 15) is 4.21 Å². The van der Waals surface area contributed by atoms with Crippen molar-refractivity contribution in [3.63, 3.8) is 0 Å². The summed E-state index contributed by atoms with van der Waals surface area (Å²) >= 11 is -2.30. The van der Waals surface area contributed by atoms with E-state index in [0.29, 0.717) is 5.75 Å². The molecule has 0 aliphatic carbocycles. The van der Waals surface area contributed by atoms with E-state index >= 15 is 0 Å². The van der Waals surface area contributed by atoms with Crippen LogP contribution in [-0.4, -0.2) is 22.9 Å². The van der Waals surface area contributed by atoms with Gasteiger partial charge in [0.1, 0.15) is 0 Å². The molecule has 0 radical (unpaired) electrons. The van der Waals surface area contributed by atoms with Gasteiger partial charge in [-0.25, -0.2) is 0 Å². The average Bonchev–Trinajstić information content (AvgIpc) is 2.28. The minimum atomic E-state index is -2.30. The van der Waals surface area contributed by atoms with Gasteiger partial charge in [0.05, 0.1) is 0 Å². The predicted molar refractivity (Wildman–Crippen MR) is 69.7 cm³/mol. The molecule has 4 nitrogen and oxygen atoms in total. The van der Waals surface area contributed by atoms with E-state index in [4.69, 9.17) is 8.74 Å². The second-order valence-electron chi connectivity index (χ2n) is 3.86. The predicted octanol–water partition coefficient (Wildman–Crippen LogP) is 2.42. The van der Waals surface area contributed by atoms with E-state index in [1.54, 1.807) is 12.1 Å². The molecule has 5 heteroatoms. The van der Waals surface area contributed by atoms with Gasteiger partial charge in [0.25, 0.3) is 0 Å². The Balaban J connectivity index is 2.59. The molecule has 0 fully saturated rings. The molecule has 0 bridgehead atoms. The summed E-state index contributed by atoms with van der Waals surface area (Å²) in [4.78, 5) is 1.96. The molecule has 0 saturated heterocycles. The van der Waals surface area contributed by atoms with Crippen LogP contribution in [0.4, 0.5) is 5.69 Å². The Bertz CT molecular complexity index is 569. The van der Waals surface area contributed by atoms with Crippen LogP contribution in [0, 0.1) is 0 Å². The monoisotopic (exact) mass is 251 g/mol. The quantitative estimate of drug-likeness (QED) is 0.851. The first kappa shape index (κ1) is 11.9. The smallest absolute Gasteiger partial charge is 0.357 e. The van der Waals surface area contributed by atoms with Crippen molar-refractivity contribution in [2.24, 2.45) is 0 Å². The van der Waals surface area contributed by atoms with Gasteiger partial charge in [0, 0.05) is 25.2 Å². The van der Waals surface area contributed by atoms with Crippen LogP contribution < -0.4 is 9.08 Å². The van der Waals surface area contributed by atoms with E-state index < -0.39 is 11.4 Å². The van der Waals surface area contributed by atoms with Gasteiger partial charge in [0.15, 0.2) is 5.75 Å². The minimum Gasteiger partial charge on any atom is -0.379 e. The highest BCUT2D eigenvalue weighted by atomic mass is 32.2. The summed E-state index contributed by atoms with van der Waals surface area (Å²) in [7, 11) is 3.88. The molecule has 2 aromatic carbocycles. The molecule has 2 rings (SSSR count). The maximum Gasteiger partial charge on any atom is 0.357 e. The van der Waals surface area contributed by atoms with E-state index in [2.05, 4.69) is 0 Å². The highest BCUT2D eigenvalue weighted by Crippen LogP contribution is 2.29. The summed E-state index contributed by atoms with van der Waals surface area (Å²) in [6.07, 6.45) is 0. The van der Waals surface area contributed by atoms with Gasteiger partial charge in [-0.1, -0.05) is 18.2 Å². The standard InChI is InChI=1S/C12H13NO3S/c1-13(2)10-7-6-9-4-3-5-12(11(9)8-10)16-17(14)15/h3-8H,1-2H3,(H,14,15). The number of fused-ring (bicyclic) bond motifs is 1. The fraction of sp³-hybridized carbons (Fsp3) is 0.167. The Kier molecular flexibility index (Phi) is 3.31. The van der Waals surface area contributed by atoms with Crippen LogP contribution >= 0.6 is 0 Å². The number of benzene rings is 2. The highest BCUT2D eigenvalue weighted by Gasteiger charge is 2.06. The SMILES string of the molecule is CN(C)c1ccc2cccc(OS(=O)O)c2c1. The maximum atomic E-state index is 10.7. The first-order valence-electron chi connectivity index (χ1n) is 5.07. The molecule has 2 aromatic rings.